The van der Waals surface area contributed by atoms with E-state index in [1.165, 1.54) is 25.7 Å². The van der Waals surface area contributed by atoms with Crippen LogP contribution in [0.1, 0.15) is 32.6 Å². The Balaban J connectivity index is 2.04. The first-order chi connectivity index (χ1) is 7.25. The van der Waals surface area contributed by atoms with Crippen LogP contribution in [0.3, 0.4) is 0 Å². The van der Waals surface area contributed by atoms with Gasteiger partial charge in [0.1, 0.15) is 10.5 Å². The van der Waals surface area contributed by atoms with E-state index in [1.807, 2.05) is 6.07 Å². The van der Waals surface area contributed by atoms with Gasteiger partial charge in [-0.3, -0.25) is 0 Å². The minimum absolute atomic E-state index is 0.576. The zero-order chi connectivity index (χ0) is 10.7. The van der Waals surface area contributed by atoms with E-state index in [-0.39, 0.29) is 0 Å². The fraction of sp³-hybridized carbons (Fsp3) is 0.636. The monoisotopic (exact) mass is 223 g/mol. The first kappa shape index (κ1) is 10.6. The molecule has 0 saturated heterocycles. The Morgan fingerprint density at radius 2 is 2.27 bits per heavy atom. The molecule has 0 amide bonds. The summed E-state index contributed by atoms with van der Waals surface area (Å²) in [6.07, 6.45) is 6.92. The summed E-state index contributed by atoms with van der Waals surface area (Å²) in [7, 11) is 0. The fourth-order valence-electron chi connectivity index (χ4n) is 2.18. The molecule has 0 bridgehead atoms. The summed E-state index contributed by atoms with van der Waals surface area (Å²) in [6.45, 7) is 2.31. The van der Waals surface area contributed by atoms with Crippen molar-refractivity contribution < 1.29 is 0 Å². The zero-order valence-electron chi connectivity index (χ0n) is 8.99. The van der Waals surface area contributed by atoms with Crippen molar-refractivity contribution >= 4 is 18.0 Å². The Kier molecular flexibility index (Phi) is 3.36. The summed E-state index contributed by atoms with van der Waals surface area (Å²) in [5.74, 6) is 1.74. The molecule has 0 aromatic carbocycles. The Labute approximate surface area is 95.3 Å². The molecule has 1 aliphatic rings. The van der Waals surface area contributed by atoms with Gasteiger partial charge in [0.05, 0.1) is 6.33 Å². The summed E-state index contributed by atoms with van der Waals surface area (Å²) in [4.78, 5) is 7.06. The van der Waals surface area contributed by atoms with E-state index >= 15 is 0 Å². The van der Waals surface area contributed by atoms with E-state index in [9.17, 15) is 0 Å². The second-order valence-corrected chi connectivity index (χ2v) is 4.73. The van der Waals surface area contributed by atoms with Crippen LogP contribution in [-0.4, -0.2) is 16.0 Å². The van der Waals surface area contributed by atoms with Gasteiger partial charge in [0.25, 0.3) is 0 Å². The van der Waals surface area contributed by atoms with Gasteiger partial charge in [0.2, 0.25) is 0 Å². The first-order valence-electron chi connectivity index (χ1n) is 5.57. The van der Waals surface area contributed by atoms with Crippen LogP contribution in [0, 0.1) is 10.6 Å². The lowest BCUT2D eigenvalue weighted by molar-refractivity contribution is 0.349. The third kappa shape index (κ3) is 2.78. The van der Waals surface area contributed by atoms with Gasteiger partial charge in [0.15, 0.2) is 0 Å². The molecule has 4 heteroatoms. The third-order valence-electron chi connectivity index (χ3n) is 3.13. The quantitative estimate of drug-likeness (QED) is 0.757. The molecule has 82 valence electrons. The van der Waals surface area contributed by atoms with Gasteiger partial charge in [-0.2, -0.15) is 0 Å². The molecule has 0 aliphatic heterocycles. The maximum absolute atomic E-state index is 5.03. The van der Waals surface area contributed by atoms with Crippen LogP contribution >= 0.6 is 12.2 Å². The number of anilines is 1. The van der Waals surface area contributed by atoms with Crippen LogP contribution in [0.25, 0.3) is 0 Å². The third-order valence-corrected chi connectivity index (χ3v) is 3.36. The summed E-state index contributed by atoms with van der Waals surface area (Å²) in [5.41, 5.74) is 0. The smallest absolute Gasteiger partial charge is 0.131 e. The lowest BCUT2D eigenvalue weighted by Crippen LogP contribution is -2.30. The predicted molar refractivity (Wildman–Crippen MR) is 64.5 cm³/mol. The number of aromatic amines is 1. The summed E-state index contributed by atoms with van der Waals surface area (Å²) in [6, 6.07) is 2.46. The molecule has 0 spiro atoms. The van der Waals surface area contributed by atoms with Gasteiger partial charge in [-0.25, -0.2) is 4.98 Å². The Hall–Kier alpha value is -0.900. The molecule has 2 rings (SSSR count). The number of nitrogens with zero attached hydrogens (tertiary/aromatic N) is 1. The number of hydrogen-bond donors (Lipinski definition) is 2. The van der Waals surface area contributed by atoms with E-state index in [0.29, 0.717) is 10.7 Å². The van der Waals surface area contributed by atoms with Crippen LogP contribution in [-0.2, 0) is 0 Å². The summed E-state index contributed by atoms with van der Waals surface area (Å²) >= 11 is 5.03. The van der Waals surface area contributed by atoms with Gasteiger partial charge in [-0.15, -0.1) is 0 Å². The second-order valence-electron chi connectivity index (χ2n) is 4.31. The lowest BCUT2D eigenvalue weighted by Gasteiger charge is -2.30. The van der Waals surface area contributed by atoms with Gasteiger partial charge >= 0.3 is 0 Å². The van der Waals surface area contributed by atoms with Crippen molar-refractivity contribution in [3.8, 4) is 0 Å². The number of rotatable bonds is 2. The molecular weight excluding hydrogens is 206 g/mol. The molecule has 15 heavy (non-hydrogen) atoms. The topological polar surface area (TPSA) is 40.7 Å². The van der Waals surface area contributed by atoms with Gasteiger partial charge in [-0.05, 0) is 18.8 Å². The van der Waals surface area contributed by atoms with Gasteiger partial charge in [0, 0.05) is 12.1 Å². The van der Waals surface area contributed by atoms with Crippen LogP contribution in [0.2, 0.25) is 0 Å². The van der Waals surface area contributed by atoms with Gasteiger partial charge < -0.3 is 10.3 Å². The lowest BCUT2D eigenvalue weighted by atomic mass is 9.86. The van der Waals surface area contributed by atoms with E-state index in [4.69, 9.17) is 12.2 Å². The maximum atomic E-state index is 5.03. The maximum Gasteiger partial charge on any atom is 0.131 e. The molecule has 3 nitrogen and oxygen atoms in total. The predicted octanol–water partition coefficient (Wildman–Crippen LogP) is 3.13. The highest BCUT2D eigenvalue weighted by molar-refractivity contribution is 7.71. The molecule has 0 radical (unpaired) electrons. The molecular formula is C11H17N3S. The SMILES string of the molecule is CC1CCCCC1Nc1cc(=S)nc[nH]1. The molecule has 2 N–H and O–H groups in total. The molecule has 2 atom stereocenters. The second kappa shape index (κ2) is 4.75. The molecule has 1 heterocycles. The van der Waals surface area contributed by atoms with Crippen molar-refractivity contribution in [1.29, 1.82) is 0 Å². The Bertz CT molecular complexity index is 374. The van der Waals surface area contributed by atoms with E-state index in [1.54, 1.807) is 6.33 Å². The van der Waals surface area contributed by atoms with E-state index in [2.05, 4.69) is 22.2 Å². The Morgan fingerprint density at radius 3 is 3.00 bits per heavy atom. The van der Waals surface area contributed by atoms with Crippen LogP contribution in [0.4, 0.5) is 5.82 Å². The normalized spacial score (nSPS) is 26.2. The molecule has 1 saturated carbocycles. The largest absolute Gasteiger partial charge is 0.369 e. The minimum Gasteiger partial charge on any atom is -0.369 e. The number of hydrogen-bond acceptors (Lipinski definition) is 3. The standard InChI is InChI=1S/C11H17N3S/c1-8-4-2-3-5-9(8)14-10-6-11(15)13-7-12-10/h6-9H,2-5H2,1H3,(H2,12,13,14,15). The number of nitrogens with one attached hydrogen (secondary N) is 2. The summed E-state index contributed by atoms with van der Waals surface area (Å²) < 4.78 is 0.639. The molecule has 1 aliphatic carbocycles. The van der Waals surface area contributed by atoms with Crippen molar-refractivity contribution in [2.24, 2.45) is 5.92 Å². The molecule has 1 fully saturated rings. The van der Waals surface area contributed by atoms with E-state index in [0.717, 1.165) is 11.7 Å². The highest BCUT2D eigenvalue weighted by Crippen LogP contribution is 2.25. The Morgan fingerprint density at radius 1 is 1.47 bits per heavy atom. The number of H-pyrrole nitrogens is 1. The fourth-order valence-corrected chi connectivity index (χ4v) is 2.35. The van der Waals surface area contributed by atoms with Crippen molar-refractivity contribution in [2.75, 3.05) is 5.32 Å². The molecule has 1 aromatic heterocycles. The summed E-state index contributed by atoms with van der Waals surface area (Å²) in [5, 5.41) is 3.51. The van der Waals surface area contributed by atoms with Crippen LogP contribution in [0.15, 0.2) is 12.4 Å². The molecule has 1 aromatic rings. The number of aromatic nitrogens is 2. The first-order valence-corrected chi connectivity index (χ1v) is 5.98. The van der Waals surface area contributed by atoms with Crippen LogP contribution < -0.4 is 5.32 Å². The highest BCUT2D eigenvalue weighted by Gasteiger charge is 2.20. The van der Waals surface area contributed by atoms with Gasteiger partial charge in [-0.1, -0.05) is 32.0 Å². The van der Waals surface area contributed by atoms with Crippen molar-refractivity contribution in [1.82, 2.24) is 9.97 Å². The molecule has 2 unspecified atom stereocenters. The zero-order valence-corrected chi connectivity index (χ0v) is 9.81. The minimum atomic E-state index is 0.576. The highest BCUT2D eigenvalue weighted by atomic mass is 32.1. The van der Waals surface area contributed by atoms with Crippen molar-refractivity contribution in [3.05, 3.63) is 17.0 Å². The van der Waals surface area contributed by atoms with E-state index < -0.39 is 0 Å². The average Bonchev–Trinajstić information content (AvgIpc) is 2.22. The van der Waals surface area contributed by atoms with Crippen molar-refractivity contribution in [3.63, 3.8) is 0 Å². The average molecular weight is 223 g/mol. The van der Waals surface area contributed by atoms with Crippen molar-refractivity contribution in [2.45, 2.75) is 38.6 Å². The van der Waals surface area contributed by atoms with Crippen LogP contribution in [0.5, 0.6) is 0 Å².